The van der Waals surface area contributed by atoms with Crippen LogP contribution in [0.1, 0.15) is 67.4 Å². The molecule has 1 aliphatic carbocycles. The molecule has 6 heteroatoms. The van der Waals surface area contributed by atoms with Gasteiger partial charge in [0.15, 0.2) is 23.2 Å². The van der Waals surface area contributed by atoms with Gasteiger partial charge in [-0.1, -0.05) is 42.5 Å². The van der Waals surface area contributed by atoms with Gasteiger partial charge in [0.05, 0.1) is 19.3 Å². The molecule has 184 valence electrons. The first kappa shape index (κ1) is 23.9. The van der Waals surface area contributed by atoms with Gasteiger partial charge < -0.3 is 14.6 Å². The summed E-state index contributed by atoms with van der Waals surface area (Å²) in [5.41, 5.74) is 2.75. The molecule has 1 saturated heterocycles. The maximum absolute atomic E-state index is 15.1. The molecular formula is C29H29F3O3. The molecule has 2 fully saturated rings. The third-order valence-corrected chi connectivity index (χ3v) is 7.24. The van der Waals surface area contributed by atoms with Gasteiger partial charge in [0, 0.05) is 5.56 Å². The second kappa shape index (κ2) is 10.0. The molecule has 1 aliphatic heterocycles. The van der Waals surface area contributed by atoms with E-state index in [1.54, 1.807) is 49.4 Å². The highest BCUT2D eigenvalue weighted by Crippen LogP contribution is 2.39. The second-order valence-electron chi connectivity index (χ2n) is 9.67. The molecule has 35 heavy (non-hydrogen) atoms. The van der Waals surface area contributed by atoms with Gasteiger partial charge in [0.25, 0.3) is 0 Å². The summed E-state index contributed by atoms with van der Waals surface area (Å²) in [6.07, 6.45) is 2.47. The maximum Gasteiger partial charge on any atom is 0.166 e. The minimum absolute atomic E-state index is 0.00348. The van der Waals surface area contributed by atoms with E-state index in [1.807, 2.05) is 6.07 Å². The van der Waals surface area contributed by atoms with Crippen LogP contribution >= 0.6 is 0 Å². The summed E-state index contributed by atoms with van der Waals surface area (Å²) in [6.45, 7) is 2.69. The summed E-state index contributed by atoms with van der Waals surface area (Å²) in [7, 11) is 0. The lowest BCUT2D eigenvalue weighted by Crippen LogP contribution is -2.20. The number of aliphatic hydroxyl groups excluding tert-OH is 1. The van der Waals surface area contributed by atoms with E-state index in [9.17, 15) is 13.9 Å². The van der Waals surface area contributed by atoms with Crippen molar-refractivity contribution in [2.24, 2.45) is 5.92 Å². The second-order valence-corrected chi connectivity index (χ2v) is 9.67. The average Bonchev–Trinajstić information content (AvgIpc) is 3.71. The zero-order chi connectivity index (χ0) is 24.5. The van der Waals surface area contributed by atoms with Gasteiger partial charge in [-0.25, -0.2) is 13.2 Å². The van der Waals surface area contributed by atoms with E-state index in [-0.39, 0.29) is 35.1 Å². The van der Waals surface area contributed by atoms with E-state index in [2.05, 4.69) is 0 Å². The highest BCUT2D eigenvalue weighted by molar-refractivity contribution is 5.65. The Morgan fingerprint density at radius 2 is 1.66 bits per heavy atom. The summed E-state index contributed by atoms with van der Waals surface area (Å²) in [4.78, 5) is 0. The number of halogens is 3. The highest BCUT2D eigenvalue weighted by atomic mass is 19.2. The summed E-state index contributed by atoms with van der Waals surface area (Å²) in [5, 5.41) is 9.65. The van der Waals surface area contributed by atoms with Gasteiger partial charge >= 0.3 is 0 Å². The van der Waals surface area contributed by atoms with Crippen molar-refractivity contribution in [2.45, 2.75) is 50.7 Å². The number of hydrogen-bond acceptors (Lipinski definition) is 3. The SMILES string of the molecule is CC(O)c1ccc(-c2ccc(C3CCC(COc4ccc(C5CO5)cc4F)CC3)c(F)c2F)cc1. The molecular weight excluding hydrogens is 453 g/mol. The number of benzene rings is 3. The molecule has 1 heterocycles. The van der Waals surface area contributed by atoms with Gasteiger partial charge in [-0.05, 0) is 78.8 Å². The van der Waals surface area contributed by atoms with E-state index in [1.165, 1.54) is 6.07 Å². The molecule has 3 aromatic rings. The largest absolute Gasteiger partial charge is 0.490 e. The quantitative estimate of drug-likeness (QED) is 0.361. The highest BCUT2D eigenvalue weighted by Gasteiger charge is 2.28. The minimum Gasteiger partial charge on any atom is -0.490 e. The zero-order valence-electron chi connectivity index (χ0n) is 19.6. The Kier molecular flexibility index (Phi) is 6.85. The summed E-state index contributed by atoms with van der Waals surface area (Å²) < 4.78 is 55.3. The third kappa shape index (κ3) is 5.24. The molecule has 2 atom stereocenters. The zero-order valence-corrected chi connectivity index (χ0v) is 19.6. The van der Waals surface area contributed by atoms with Crippen molar-refractivity contribution in [3.63, 3.8) is 0 Å². The number of hydrogen-bond donors (Lipinski definition) is 1. The fraction of sp³-hybridized carbons (Fsp3) is 0.379. The Labute approximate surface area is 203 Å². The van der Waals surface area contributed by atoms with Gasteiger partial charge in [0.1, 0.15) is 6.10 Å². The first-order valence-corrected chi connectivity index (χ1v) is 12.2. The van der Waals surface area contributed by atoms with E-state index in [0.29, 0.717) is 24.3 Å². The number of ether oxygens (including phenoxy) is 2. The maximum atomic E-state index is 15.1. The Balaban J connectivity index is 1.19. The van der Waals surface area contributed by atoms with Crippen LogP contribution in [0.4, 0.5) is 13.2 Å². The lowest BCUT2D eigenvalue weighted by atomic mass is 9.78. The first-order valence-electron chi connectivity index (χ1n) is 12.2. The number of aliphatic hydroxyl groups is 1. The van der Waals surface area contributed by atoms with E-state index < -0.39 is 17.7 Å². The van der Waals surface area contributed by atoms with Crippen molar-refractivity contribution in [1.82, 2.24) is 0 Å². The molecule has 3 aromatic carbocycles. The average molecular weight is 483 g/mol. The predicted molar refractivity (Wildman–Crippen MR) is 128 cm³/mol. The molecule has 1 N–H and O–H groups in total. The van der Waals surface area contributed by atoms with Crippen LogP contribution in [0.3, 0.4) is 0 Å². The van der Waals surface area contributed by atoms with E-state index >= 15 is 4.39 Å². The van der Waals surface area contributed by atoms with Crippen LogP contribution in [0.5, 0.6) is 5.75 Å². The normalized spacial score (nSPS) is 22.6. The van der Waals surface area contributed by atoms with Crippen LogP contribution in [0.2, 0.25) is 0 Å². The van der Waals surface area contributed by atoms with Crippen LogP contribution in [-0.2, 0) is 4.74 Å². The predicted octanol–water partition coefficient (Wildman–Crippen LogP) is 7.25. The third-order valence-electron chi connectivity index (χ3n) is 7.24. The molecule has 5 rings (SSSR count). The summed E-state index contributed by atoms with van der Waals surface area (Å²) in [6, 6.07) is 15.1. The number of rotatable bonds is 7. The van der Waals surface area contributed by atoms with Crippen LogP contribution in [0.15, 0.2) is 54.6 Å². The summed E-state index contributed by atoms with van der Waals surface area (Å²) >= 11 is 0. The van der Waals surface area contributed by atoms with Crippen LogP contribution in [0.25, 0.3) is 11.1 Å². The van der Waals surface area contributed by atoms with Crippen LogP contribution in [-0.4, -0.2) is 18.3 Å². The molecule has 2 aliphatic rings. The molecule has 2 unspecified atom stereocenters. The van der Waals surface area contributed by atoms with Crippen molar-refractivity contribution in [1.29, 1.82) is 0 Å². The number of epoxide rings is 1. The smallest absolute Gasteiger partial charge is 0.166 e. The molecule has 0 amide bonds. The minimum atomic E-state index is -0.840. The van der Waals surface area contributed by atoms with Crippen LogP contribution < -0.4 is 4.74 Å². The molecule has 0 bridgehead atoms. The monoisotopic (exact) mass is 482 g/mol. The van der Waals surface area contributed by atoms with Crippen molar-refractivity contribution in [3.05, 3.63) is 88.7 Å². The fourth-order valence-electron chi connectivity index (χ4n) is 4.97. The first-order chi connectivity index (χ1) is 16.9. The lowest BCUT2D eigenvalue weighted by Gasteiger charge is -2.29. The molecule has 1 saturated carbocycles. The van der Waals surface area contributed by atoms with E-state index in [0.717, 1.165) is 36.8 Å². The van der Waals surface area contributed by atoms with Crippen LogP contribution in [0, 0.1) is 23.4 Å². The Hall–Kier alpha value is -2.83. The molecule has 0 spiro atoms. The summed E-state index contributed by atoms with van der Waals surface area (Å²) in [5.74, 6) is -1.58. The van der Waals surface area contributed by atoms with Gasteiger partial charge in [-0.2, -0.15) is 0 Å². The van der Waals surface area contributed by atoms with Gasteiger partial charge in [-0.15, -0.1) is 0 Å². The molecule has 0 radical (unpaired) electrons. The lowest BCUT2D eigenvalue weighted by molar-refractivity contribution is 0.193. The van der Waals surface area contributed by atoms with Gasteiger partial charge in [-0.3, -0.25) is 0 Å². The van der Waals surface area contributed by atoms with Crippen molar-refractivity contribution in [3.8, 4) is 16.9 Å². The fourth-order valence-corrected chi connectivity index (χ4v) is 4.97. The van der Waals surface area contributed by atoms with Crippen molar-refractivity contribution >= 4 is 0 Å². The van der Waals surface area contributed by atoms with Gasteiger partial charge in [0.2, 0.25) is 0 Å². The van der Waals surface area contributed by atoms with Crippen molar-refractivity contribution < 1.29 is 27.8 Å². The Morgan fingerprint density at radius 1 is 0.943 bits per heavy atom. The Morgan fingerprint density at radius 3 is 2.29 bits per heavy atom. The molecule has 0 aromatic heterocycles. The van der Waals surface area contributed by atoms with E-state index in [4.69, 9.17) is 9.47 Å². The molecule has 3 nitrogen and oxygen atoms in total. The Bertz CT molecular complexity index is 1180. The topological polar surface area (TPSA) is 42.0 Å². The standard InChI is InChI=1S/C29H29F3O3/c1-17(33)19-6-8-21(9-7-19)24-12-11-23(28(31)29(24)32)20-4-2-18(3-5-20)15-34-26-13-10-22(14-25(26)30)27-16-35-27/h6-14,17-18,20,27,33H,2-5,15-16H2,1H3. The van der Waals surface area contributed by atoms with Crippen molar-refractivity contribution in [2.75, 3.05) is 13.2 Å².